The second-order valence-electron chi connectivity index (χ2n) is 7.34. The van der Waals surface area contributed by atoms with Gasteiger partial charge in [0.25, 0.3) is 0 Å². The third-order valence-corrected chi connectivity index (χ3v) is 3.65. The maximum absolute atomic E-state index is 12.2. The van der Waals surface area contributed by atoms with Crippen LogP contribution in [0.1, 0.15) is 51.8 Å². The Hall–Kier alpha value is -2.26. The van der Waals surface area contributed by atoms with Crippen LogP contribution in [0.25, 0.3) is 0 Å². The lowest BCUT2D eigenvalue weighted by Gasteiger charge is -2.42. The van der Waals surface area contributed by atoms with Crippen LogP contribution in [0.2, 0.25) is 0 Å². The lowest BCUT2D eigenvalue weighted by molar-refractivity contribution is -0.0622. The van der Waals surface area contributed by atoms with E-state index < -0.39 is 23.3 Å². The summed E-state index contributed by atoms with van der Waals surface area (Å²) in [5.41, 5.74) is -0.212. The van der Waals surface area contributed by atoms with E-state index in [-0.39, 0.29) is 6.03 Å². The zero-order chi connectivity index (χ0) is 17.4. The monoisotopic (exact) mass is 317 g/mol. The molecule has 2 atom stereocenters. The number of rotatable bonds is 1. The number of urea groups is 1. The molecule has 23 heavy (non-hydrogen) atoms. The Bertz CT molecular complexity index is 656. The number of nitrogens with one attached hydrogen (secondary N) is 2. The number of amides is 2. The lowest BCUT2D eigenvalue weighted by atomic mass is 9.86. The number of ether oxygens (including phenoxy) is 1. The highest BCUT2D eigenvalue weighted by atomic mass is 16.5. The summed E-state index contributed by atoms with van der Waals surface area (Å²) in [5, 5.41) is 25.3. The smallest absolute Gasteiger partial charge is 0.315 e. The van der Waals surface area contributed by atoms with E-state index in [1.54, 1.807) is 32.0 Å². The van der Waals surface area contributed by atoms with Crippen molar-refractivity contribution in [1.82, 2.24) is 10.6 Å². The zero-order valence-electron chi connectivity index (χ0n) is 14.1. The van der Waals surface area contributed by atoms with Gasteiger partial charge in [-0.25, -0.2) is 4.79 Å². The van der Waals surface area contributed by atoms with Crippen molar-refractivity contribution in [3.63, 3.8) is 0 Å². The Morgan fingerprint density at radius 3 is 2.61 bits per heavy atom. The number of aliphatic hydroxyl groups is 1. The van der Waals surface area contributed by atoms with Crippen LogP contribution in [-0.2, 0) is 0 Å². The Labute approximate surface area is 136 Å². The first-order valence-corrected chi connectivity index (χ1v) is 7.53. The zero-order valence-corrected chi connectivity index (χ0v) is 14.1. The Kier molecular flexibility index (Phi) is 4.27. The first-order chi connectivity index (χ1) is 10.5. The molecule has 0 bridgehead atoms. The van der Waals surface area contributed by atoms with Crippen LogP contribution in [0, 0.1) is 11.3 Å². The van der Waals surface area contributed by atoms with Gasteiger partial charge in [-0.05, 0) is 52.8 Å². The Morgan fingerprint density at radius 2 is 2.04 bits per heavy atom. The van der Waals surface area contributed by atoms with Gasteiger partial charge in [-0.2, -0.15) is 5.26 Å². The minimum absolute atomic E-state index is 0.382. The lowest BCUT2D eigenvalue weighted by Crippen LogP contribution is -2.56. The van der Waals surface area contributed by atoms with Crippen LogP contribution in [0.4, 0.5) is 4.79 Å². The molecule has 124 valence electrons. The normalized spacial score (nSPS) is 22.3. The molecule has 2 rings (SSSR count). The summed E-state index contributed by atoms with van der Waals surface area (Å²) < 4.78 is 5.81. The molecule has 1 aromatic rings. The van der Waals surface area contributed by atoms with E-state index in [4.69, 9.17) is 10.00 Å². The number of carbonyl (C=O) groups excluding carboxylic acids is 1. The molecule has 6 nitrogen and oxygen atoms in total. The molecule has 0 aliphatic carbocycles. The van der Waals surface area contributed by atoms with Gasteiger partial charge in [0.15, 0.2) is 0 Å². The van der Waals surface area contributed by atoms with E-state index in [2.05, 4.69) is 16.7 Å². The molecule has 3 N–H and O–H groups in total. The van der Waals surface area contributed by atoms with Crippen molar-refractivity contribution in [2.24, 2.45) is 0 Å². The van der Waals surface area contributed by atoms with E-state index in [9.17, 15) is 9.90 Å². The molecule has 0 aromatic heterocycles. The van der Waals surface area contributed by atoms with E-state index in [1.165, 1.54) is 0 Å². The third-order valence-electron chi connectivity index (χ3n) is 3.65. The summed E-state index contributed by atoms with van der Waals surface area (Å²) >= 11 is 0. The van der Waals surface area contributed by atoms with Gasteiger partial charge in [-0.15, -0.1) is 0 Å². The third kappa shape index (κ3) is 3.74. The van der Waals surface area contributed by atoms with Crippen LogP contribution in [-0.4, -0.2) is 28.4 Å². The van der Waals surface area contributed by atoms with Crippen molar-refractivity contribution >= 4 is 6.03 Å². The highest BCUT2D eigenvalue weighted by Crippen LogP contribution is 2.40. The highest BCUT2D eigenvalue weighted by molar-refractivity contribution is 5.75. The topological polar surface area (TPSA) is 94.4 Å². The fourth-order valence-electron chi connectivity index (χ4n) is 2.54. The number of benzene rings is 1. The molecule has 1 aliphatic heterocycles. The number of nitrogens with zero attached hydrogens (tertiary/aromatic N) is 1. The number of hydrogen-bond donors (Lipinski definition) is 3. The second-order valence-corrected chi connectivity index (χ2v) is 7.34. The predicted octanol–water partition coefficient (Wildman–Crippen LogP) is 2.23. The summed E-state index contributed by atoms with van der Waals surface area (Å²) in [6.07, 6.45) is -0.949. The number of carbonyl (C=O) groups is 1. The van der Waals surface area contributed by atoms with Crippen LogP contribution in [0.3, 0.4) is 0 Å². The minimum atomic E-state index is -0.949. The maximum Gasteiger partial charge on any atom is 0.315 e. The second kappa shape index (κ2) is 5.74. The van der Waals surface area contributed by atoms with E-state index >= 15 is 0 Å². The van der Waals surface area contributed by atoms with Crippen molar-refractivity contribution < 1.29 is 14.6 Å². The quantitative estimate of drug-likeness (QED) is 0.740. The summed E-state index contributed by atoms with van der Waals surface area (Å²) in [6, 6.07) is 5.99. The van der Waals surface area contributed by atoms with E-state index in [0.29, 0.717) is 16.9 Å². The van der Waals surface area contributed by atoms with E-state index in [1.807, 2.05) is 20.8 Å². The molecule has 0 fully saturated rings. The summed E-state index contributed by atoms with van der Waals surface area (Å²) in [6.45, 7) is 9.14. The molecule has 1 heterocycles. The number of aliphatic hydroxyl groups excluding tert-OH is 1. The summed E-state index contributed by atoms with van der Waals surface area (Å²) in [7, 11) is 0. The van der Waals surface area contributed by atoms with Crippen molar-refractivity contribution in [3.05, 3.63) is 29.3 Å². The van der Waals surface area contributed by atoms with Crippen molar-refractivity contribution in [2.45, 2.75) is 57.9 Å². The van der Waals surface area contributed by atoms with Gasteiger partial charge >= 0.3 is 6.03 Å². The summed E-state index contributed by atoms with van der Waals surface area (Å²) in [4.78, 5) is 12.2. The van der Waals surface area contributed by atoms with Gasteiger partial charge in [0.1, 0.15) is 17.5 Å². The van der Waals surface area contributed by atoms with Crippen molar-refractivity contribution in [1.29, 1.82) is 5.26 Å². The highest BCUT2D eigenvalue weighted by Gasteiger charge is 2.43. The molecule has 6 heteroatoms. The number of nitriles is 1. The molecule has 0 radical (unpaired) electrons. The first-order valence-electron chi connectivity index (χ1n) is 7.53. The fourth-order valence-corrected chi connectivity index (χ4v) is 2.54. The number of fused-ring (bicyclic) bond motifs is 1. The average Bonchev–Trinajstić information content (AvgIpc) is 2.41. The van der Waals surface area contributed by atoms with E-state index in [0.717, 1.165) is 0 Å². The molecule has 2 amide bonds. The Balaban J connectivity index is 2.37. The standard InChI is InChI=1S/C17H23N3O3/c1-16(2,3)20-15(22)19-13-11-8-10(9-18)6-7-12(11)23-17(4,5)14(13)21/h6-8,13-14,21H,1-5H3,(H2,19,20,22)/t13?,14-/m0/s1. The average molecular weight is 317 g/mol. The van der Waals surface area contributed by atoms with Gasteiger partial charge in [0.2, 0.25) is 0 Å². The van der Waals surface area contributed by atoms with Gasteiger partial charge in [-0.3, -0.25) is 0 Å². The molecular formula is C17H23N3O3. The molecule has 0 spiro atoms. The largest absolute Gasteiger partial charge is 0.485 e. The minimum Gasteiger partial charge on any atom is -0.485 e. The van der Waals surface area contributed by atoms with Crippen LogP contribution >= 0.6 is 0 Å². The number of hydrogen-bond acceptors (Lipinski definition) is 4. The summed E-state index contributed by atoms with van der Waals surface area (Å²) in [5.74, 6) is 0.556. The van der Waals surface area contributed by atoms with Gasteiger partial charge < -0.3 is 20.5 Å². The van der Waals surface area contributed by atoms with Crippen LogP contribution < -0.4 is 15.4 Å². The fraction of sp³-hybridized carbons (Fsp3) is 0.529. The van der Waals surface area contributed by atoms with Crippen LogP contribution in [0.15, 0.2) is 18.2 Å². The van der Waals surface area contributed by atoms with Gasteiger partial charge in [-0.1, -0.05) is 0 Å². The molecule has 0 saturated heterocycles. The first kappa shape index (κ1) is 17.1. The SMILES string of the molecule is CC(C)(C)NC(=O)NC1c2cc(C#N)ccc2OC(C)(C)[C@H]1O. The Morgan fingerprint density at radius 1 is 1.39 bits per heavy atom. The predicted molar refractivity (Wildman–Crippen MR) is 86.0 cm³/mol. The maximum atomic E-state index is 12.2. The van der Waals surface area contributed by atoms with Crippen LogP contribution in [0.5, 0.6) is 5.75 Å². The molecule has 1 aliphatic rings. The molecule has 1 unspecified atom stereocenters. The molecule has 1 aromatic carbocycles. The molecule has 0 saturated carbocycles. The van der Waals surface area contributed by atoms with Gasteiger partial charge in [0.05, 0.1) is 17.7 Å². The van der Waals surface area contributed by atoms with Gasteiger partial charge in [0, 0.05) is 11.1 Å². The molecular weight excluding hydrogens is 294 g/mol. The van der Waals surface area contributed by atoms with Crippen molar-refractivity contribution in [3.8, 4) is 11.8 Å². The van der Waals surface area contributed by atoms with Crippen molar-refractivity contribution in [2.75, 3.05) is 0 Å².